The molecule has 0 radical (unpaired) electrons. The number of nitrogens with one attached hydrogen (secondary N) is 2. The fraction of sp³-hybridized carbons (Fsp3) is 0.273. The topological polar surface area (TPSA) is 83.8 Å². The molecule has 0 spiro atoms. The van der Waals surface area contributed by atoms with Crippen LogP contribution in [0.5, 0.6) is 0 Å². The zero-order chi connectivity index (χ0) is 12.4. The van der Waals surface area contributed by atoms with Crippen molar-refractivity contribution in [1.82, 2.24) is 10.2 Å². The molecule has 90 valence electrons. The minimum absolute atomic E-state index is 0.157. The van der Waals surface area contributed by atoms with Gasteiger partial charge < -0.3 is 11.1 Å². The molecule has 0 unspecified atom stereocenters. The highest BCUT2D eigenvalue weighted by Crippen LogP contribution is 2.22. The molecule has 0 fully saturated rings. The van der Waals surface area contributed by atoms with Crippen molar-refractivity contribution in [3.05, 3.63) is 27.6 Å². The quantitative estimate of drug-likeness (QED) is 0.780. The van der Waals surface area contributed by atoms with E-state index in [1.54, 1.807) is 6.92 Å². The summed E-state index contributed by atoms with van der Waals surface area (Å²) in [5.41, 5.74) is 8.04. The van der Waals surface area contributed by atoms with Gasteiger partial charge in [0.1, 0.15) is 0 Å². The van der Waals surface area contributed by atoms with E-state index >= 15 is 0 Å². The number of nitrogens with zero attached hydrogens (tertiary/aromatic N) is 1. The van der Waals surface area contributed by atoms with Crippen LogP contribution < -0.4 is 11.1 Å². The van der Waals surface area contributed by atoms with Crippen molar-refractivity contribution in [2.24, 2.45) is 0 Å². The molecule has 0 aliphatic rings. The van der Waals surface area contributed by atoms with Crippen LogP contribution in [0.15, 0.2) is 11.4 Å². The molecule has 0 atom stereocenters. The van der Waals surface area contributed by atoms with E-state index in [0.29, 0.717) is 16.4 Å². The number of hydrogen-bond acceptors (Lipinski definition) is 4. The Bertz CT molecular complexity index is 543. The van der Waals surface area contributed by atoms with Gasteiger partial charge in [0.2, 0.25) is 0 Å². The molecule has 1 amide bonds. The maximum atomic E-state index is 12.0. The highest BCUT2D eigenvalue weighted by atomic mass is 32.1. The van der Waals surface area contributed by atoms with Crippen LogP contribution >= 0.6 is 11.3 Å². The molecule has 2 rings (SSSR count). The second-order valence-electron chi connectivity index (χ2n) is 3.69. The lowest BCUT2D eigenvalue weighted by Crippen LogP contribution is -2.13. The van der Waals surface area contributed by atoms with E-state index in [9.17, 15) is 4.79 Å². The van der Waals surface area contributed by atoms with Crippen LogP contribution in [0.1, 0.15) is 27.9 Å². The molecule has 0 aliphatic heterocycles. The van der Waals surface area contributed by atoms with Gasteiger partial charge in [0.25, 0.3) is 5.91 Å². The minimum atomic E-state index is -0.157. The molecule has 5 nitrogen and oxygen atoms in total. The highest BCUT2D eigenvalue weighted by Gasteiger charge is 2.15. The number of nitrogen functional groups attached to an aromatic ring is 1. The van der Waals surface area contributed by atoms with E-state index in [2.05, 4.69) is 15.5 Å². The van der Waals surface area contributed by atoms with Crippen LogP contribution in [0.3, 0.4) is 0 Å². The maximum absolute atomic E-state index is 12.0. The average molecular weight is 250 g/mol. The monoisotopic (exact) mass is 250 g/mol. The normalized spacial score (nSPS) is 10.5. The smallest absolute Gasteiger partial charge is 0.267 e. The van der Waals surface area contributed by atoms with Crippen molar-refractivity contribution in [2.75, 3.05) is 11.1 Å². The maximum Gasteiger partial charge on any atom is 0.267 e. The average Bonchev–Trinajstić information content (AvgIpc) is 2.90. The second kappa shape index (κ2) is 4.58. The number of carbonyl (C=O) groups is 1. The number of aromatic nitrogens is 2. The Labute approximate surface area is 103 Å². The Kier molecular flexibility index (Phi) is 3.14. The van der Waals surface area contributed by atoms with Gasteiger partial charge >= 0.3 is 0 Å². The number of amides is 1. The molecule has 0 saturated heterocycles. The SMILES string of the molecule is CCc1ccsc1C(=O)Nc1n[nH]c(C)c1N. The van der Waals surface area contributed by atoms with E-state index in [1.165, 1.54) is 11.3 Å². The van der Waals surface area contributed by atoms with Crippen LogP contribution in [-0.4, -0.2) is 16.1 Å². The standard InChI is InChI=1S/C11H14N4OS/c1-3-7-4-5-17-9(7)11(16)13-10-8(12)6(2)14-15-10/h4-5H,3,12H2,1-2H3,(H2,13,14,15,16). The third-order valence-electron chi connectivity index (χ3n) is 2.56. The Morgan fingerprint density at radius 1 is 1.65 bits per heavy atom. The summed E-state index contributed by atoms with van der Waals surface area (Å²) >= 11 is 1.42. The third-order valence-corrected chi connectivity index (χ3v) is 3.52. The zero-order valence-corrected chi connectivity index (χ0v) is 10.5. The van der Waals surface area contributed by atoms with Gasteiger partial charge in [0.05, 0.1) is 16.3 Å². The third kappa shape index (κ3) is 2.16. The Hall–Kier alpha value is -1.82. The molecule has 0 bridgehead atoms. The fourth-order valence-corrected chi connectivity index (χ4v) is 2.40. The summed E-state index contributed by atoms with van der Waals surface area (Å²) in [5, 5.41) is 11.3. The first kappa shape index (κ1) is 11.7. The van der Waals surface area contributed by atoms with Crippen molar-refractivity contribution < 1.29 is 4.79 Å². The summed E-state index contributed by atoms with van der Waals surface area (Å²) in [4.78, 5) is 12.7. The summed E-state index contributed by atoms with van der Waals surface area (Å²) in [6.07, 6.45) is 0.835. The number of nitrogens with two attached hydrogens (primary N) is 1. The van der Waals surface area contributed by atoms with Gasteiger partial charge in [-0.15, -0.1) is 11.3 Å². The number of anilines is 2. The molecule has 17 heavy (non-hydrogen) atoms. The number of rotatable bonds is 3. The van der Waals surface area contributed by atoms with Gasteiger partial charge in [-0.05, 0) is 30.4 Å². The van der Waals surface area contributed by atoms with Gasteiger partial charge in [-0.2, -0.15) is 5.10 Å². The number of H-pyrrole nitrogens is 1. The lowest BCUT2D eigenvalue weighted by atomic mass is 10.2. The first-order valence-electron chi connectivity index (χ1n) is 5.31. The molecule has 6 heteroatoms. The number of aryl methyl sites for hydroxylation is 2. The van der Waals surface area contributed by atoms with E-state index in [4.69, 9.17) is 5.73 Å². The molecular formula is C11H14N4OS. The number of hydrogen-bond donors (Lipinski definition) is 3. The zero-order valence-electron chi connectivity index (χ0n) is 9.70. The molecule has 0 aliphatic carbocycles. The summed E-state index contributed by atoms with van der Waals surface area (Å²) in [6, 6.07) is 1.96. The van der Waals surface area contributed by atoms with Gasteiger partial charge in [0.15, 0.2) is 5.82 Å². The number of thiophene rings is 1. The molecular weight excluding hydrogens is 236 g/mol. The van der Waals surface area contributed by atoms with Crippen LogP contribution in [-0.2, 0) is 6.42 Å². The van der Waals surface area contributed by atoms with Crippen LogP contribution in [0.2, 0.25) is 0 Å². The molecule has 0 saturated carbocycles. The Balaban J connectivity index is 2.20. The predicted molar refractivity (Wildman–Crippen MR) is 69.4 cm³/mol. The van der Waals surface area contributed by atoms with Gasteiger partial charge in [-0.1, -0.05) is 6.92 Å². The Morgan fingerprint density at radius 3 is 3.00 bits per heavy atom. The fourth-order valence-electron chi connectivity index (χ4n) is 1.51. The van der Waals surface area contributed by atoms with E-state index < -0.39 is 0 Å². The van der Waals surface area contributed by atoms with Crippen LogP contribution in [0, 0.1) is 6.92 Å². The van der Waals surface area contributed by atoms with Crippen LogP contribution in [0.25, 0.3) is 0 Å². The van der Waals surface area contributed by atoms with Crippen molar-refractivity contribution in [3.8, 4) is 0 Å². The second-order valence-corrected chi connectivity index (χ2v) is 4.61. The van der Waals surface area contributed by atoms with Crippen molar-refractivity contribution in [3.63, 3.8) is 0 Å². The van der Waals surface area contributed by atoms with E-state index in [-0.39, 0.29) is 5.91 Å². The number of carbonyl (C=O) groups excluding carboxylic acids is 1. The largest absolute Gasteiger partial charge is 0.394 e. The summed E-state index contributed by atoms with van der Waals surface area (Å²) in [6.45, 7) is 3.83. The van der Waals surface area contributed by atoms with E-state index in [1.807, 2.05) is 18.4 Å². The van der Waals surface area contributed by atoms with Crippen molar-refractivity contribution in [1.29, 1.82) is 0 Å². The summed E-state index contributed by atoms with van der Waals surface area (Å²) in [5.74, 6) is 0.234. The molecule has 2 aromatic rings. The minimum Gasteiger partial charge on any atom is -0.394 e. The van der Waals surface area contributed by atoms with E-state index in [0.717, 1.165) is 17.7 Å². The van der Waals surface area contributed by atoms with Gasteiger partial charge in [0, 0.05) is 0 Å². The molecule has 2 heterocycles. The predicted octanol–water partition coefficient (Wildman–Crippen LogP) is 2.18. The van der Waals surface area contributed by atoms with Gasteiger partial charge in [-0.25, -0.2) is 0 Å². The van der Waals surface area contributed by atoms with Crippen LogP contribution in [0.4, 0.5) is 11.5 Å². The first-order chi connectivity index (χ1) is 8.13. The lowest BCUT2D eigenvalue weighted by Gasteiger charge is -2.03. The highest BCUT2D eigenvalue weighted by molar-refractivity contribution is 7.12. The molecule has 2 aromatic heterocycles. The lowest BCUT2D eigenvalue weighted by molar-refractivity contribution is 0.102. The van der Waals surface area contributed by atoms with Crippen molar-refractivity contribution in [2.45, 2.75) is 20.3 Å². The van der Waals surface area contributed by atoms with Gasteiger partial charge in [-0.3, -0.25) is 9.89 Å². The summed E-state index contributed by atoms with van der Waals surface area (Å²) < 4.78 is 0. The number of aromatic amines is 1. The van der Waals surface area contributed by atoms with Crippen molar-refractivity contribution >= 4 is 28.7 Å². The summed E-state index contributed by atoms with van der Waals surface area (Å²) in [7, 11) is 0. The Morgan fingerprint density at radius 2 is 2.41 bits per heavy atom. The molecule has 4 N–H and O–H groups in total. The first-order valence-corrected chi connectivity index (χ1v) is 6.19. The molecule has 0 aromatic carbocycles.